The van der Waals surface area contributed by atoms with E-state index >= 15 is 0 Å². The molecule has 21 heavy (non-hydrogen) atoms. The number of ether oxygens (including phenoxy) is 3. The smallest absolute Gasteiger partial charge is 0.134 e. The van der Waals surface area contributed by atoms with Crippen molar-refractivity contribution in [3.05, 3.63) is 35.4 Å². The molecule has 0 aliphatic heterocycles. The van der Waals surface area contributed by atoms with Gasteiger partial charge in [0, 0.05) is 23.4 Å². The predicted molar refractivity (Wildman–Crippen MR) is 85.4 cm³/mol. The molecule has 0 atom stereocenters. The molecular weight excluding hydrogens is 266 g/mol. The van der Waals surface area contributed by atoms with Crippen molar-refractivity contribution in [1.29, 1.82) is 0 Å². The highest BCUT2D eigenvalue weighted by molar-refractivity contribution is 5.88. The first kappa shape index (κ1) is 15.0. The quantitative estimate of drug-likeness (QED) is 0.873. The van der Waals surface area contributed by atoms with Crippen LogP contribution in [0.15, 0.2) is 24.3 Å². The van der Waals surface area contributed by atoms with Crippen molar-refractivity contribution in [2.75, 3.05) is 27.1 Å². The first-order valence-corrected chi connectivity index (χ1v) is 6.69. The van der Waals surface area contributed by atoms with Crippen LogP contribution in [0.4, 0.5) is 5.69 Å². The number of anilines is 1. The van der Waals surface area contributed by atoms with E-state index in [1.165, 1.54) is 0 Å². The van der Waals surface area contributed by atoms with Crippen molar-refractivity contribution < 1.29 is 14.2 Å². The van der Waals surface area contributed by atoms with E-state index in [4.69, 9.17) is 19.9 Å². The molecule has 0 unspecified atom stereocenters. The standard InChI is InChI=1S/C17H21NO3/c1-10-6-11(2)16(13(18)7-10)17-14(20-4)8-12(19-3)9-15(17)21-5/h6-9H,18H2,1-5H3. The van der Waals surface area contributed by atoms with Crippen molar-refractivity contribution in [2.24, 2.45) is 0 Å². The zero-order valence-electron chi connectivity index (χ0n) is 13.1. The van der Waals surface area contributed by atoms with Gasteiger partial charge < -0.3 is 19.9 Å². The molecular formula is C17H21NO3. The third-order valence-electron chi connectivity index (χ3n) is 3.48. The maximum Gasteiger partial charge on any atom is 0.134 e. The summed E-state index contributed by atoms with van der Waals surface area (Å²) in [5.74, 6) is 2.02. The fourth-order valence-corrected chi connectivity index (χ4v) is 2.59. The van der Waals surface area contributed by atoms with Crippen LogP contribution in [0.2, 0.25) is 0 Å². The molecule has 0 aliphatic rings. The number of aryl methyl sites for hydroxylation is 2. The Labute approximate surface area is 125 Å². The Kier molecular flexibility index (Phi) is 4.26. The van der Waals surface area contributed by atoms with E-state index in [1.54, 1.807) is 21.3 Å². The van der Waals surface area contributed by atoms with Crippen molar-refractivity contribution in [1.82, 2.24) is 0 Å². The summed E-state index contributed by atoms with van der Waals surface area (Å²) >= 11 is 0. The van der Waals surface area contributed by atoms with Crippen LogP contribution in [0.25, 0.3) is 11.1 Å². The number of hydrogen-bond acceptors (Lipinski definition) is 4. The lowest BCUT2D eigenvalue weighted by molar-refractivity contribution is 0.377. The van der Waals surface area contributed by atoms with Crippen molar-refractivity contribution in [3.8, 4) is 28.4 Å². The molecule has 4 heteroatoms. The van der Waals surface area contributed by atoms with Gasteiger partial charge in [0.2, 0.25) is 0 Å². The summed E-state index contributed by atoms with van der Waals surface area (Å²) in [7, 11) is 4.86. The van der Waals surface area contributed by atoms with Crippen LogP contribution in [-0.2, 0) is 0 Å². The number of nitrogens with two attached hydrogens (primary N) is 1. The summed E-state index contributed by atoms with van der Waals surface area (Å²) in [4.78, 5) is 0. The Morgan fingerprint density at radius 1 is 0.762 bits per heavy atom. The monoisotopic (exact) mass is 287 g/mol. The van der Waals surface area contributed by atoms with Gasteiger partial charge in [-0.2, -0.15) is 0 Å². The third-order valence-corrected chi connectivity index (χ3v) is 3.48. The minimum absolute atomic E-state index is 0.671. The lowest BCUT2D eigenvalue weighted by atomic mass is 9.95. The van der Waals surface area contributed by atoms with Gasteiger partial charge in [0.25, 0.3) is 0 Å². The van der Waals surface area contributed by atoms with Gasteiger partial charge in [0.05, 0.1) is 26.9 Å². The minimum atomic E-state index is 0.671. The second kappa shape index (κ2) is 5.95. The summed E-state index contributed by atoms with van der Waals surface area (Å²) in [6.07, 6.45) is 0. The average molecular weight is 287 g/mol. The molecule has 2 aromatic carbocycles. The van der Waals surface area contributed by atoms with Gasteiger partial charge in [0.1, 0.15) is 17.2 Å². The van der Waals surface area contributed by atoms with E-state index in [-0.39, 0.29) is 0 Å². The Hall–Kier alpha value is -2.36. The van der Waals surface area contributed by atoms with E-state index < -0.39 is 0 Å². The van der Waals surface area contributed by atoms with Crippen LogP contribution in [0.3, 0.4) is 0 Å². The largest absolute Gasteiger partial charge is 0.496 e. The average Bonchev–Trinajstić information content (AvgIpc) is 2.45. The Morgan fingerprint density at radius 3 is 1.76 bits per heavy atom. The topological polar surface area (TPSA) is 53.7 Å². The molecule has 0 heterocycles. The van der Waals surface area contributed by atoms with Crippen LogP contribution in [-0.4, -0.2) is 21.3 Å². The van der Waals surface area contributed by atoms with E-state index in [9.17, 15) is 0 Å². The van der Waals surface area contributed by atoms with Gasteiger partial charge in [-0.1, -0.05) is 6.07 Å². The lowest BCUT2D eigenvalue weighted by Crippen LogP contribution is -2.00. The summed E-state index contributed by atoms with van der Waals surface area (Å²) in [5.41, 5.74) is 10.9. The lowest BCUT2D eigenvalue weighted by Gasteiger charge is -2.18. The summed E-state index contributed by atoms with van der Waals surface area (Å²) < 4.78 is 16.3. The number of rotatable bonds is 4. The SMILES string of the molecule is COc1cc(OC)c(-c2c(C)cc(C)cc2N)c(OC)c1. The minimum Gasteiger partial charge on any atom is -0.496 e. The Morgan fingerprint density at radius 2 is 1.33 bits per heavy atom. The van der Waals surface area contributed by atoms with Gasteiger partial charge in [-0.15, -0.1) is 0 Å². The fourth-order valence-electron chi connectivity index (χ4n) is 2.59. The Balaban J connectivity index is 2.79. The second-order valence-corrected chi connectivity index (χ2v) is 4.95. The van der Waals surface area contributed by atoms with Crippen molar-refractivity contribution in [3.63, 3.8) is 0 Å². The van der Waals surface area contributed by atoms with E-state index in [0.29, 0.717) is 22.9 Å². The van der Waals surface area contributed by atoms with Gasteiger partial charge >= 0.3 is 0 Å². The molecule has 0 bridgehead atoms. The number of benzene rings is 2. The number of hydrogen-bond donors (Lipinski definition) is 1. The predicted octanol–water partition coefficient (Wildman–Crippen LogP) is 3.58. The van der Waals surface area contributed by atoms with Crippen LogP contribution < -0.4 is 19.9 Å². The van der Waals surface area contributed by atoms with Gasteiger partial charge in [-0.25, -0.2) is 0 Å². The second-order valence-electron chi connectivity index (χ2n) is 4.95. The van der Waals surface area contributed by atoms with Gasteiger partial charge in [-0.05, 0) is 31.0 Å². The fraction of sp³-hybridized carbons (Fsp3) is 0.294. The molecule has 112 valence electrons. The molecule has 2 aromatic rings. The van der Waals surface area contributed by atoms with Crippen molar-refractivity contribution in [2.45, 2.75) is 13.8 Å². The first-order valence-electron chi connectivity index (χ1n) is 6.69. The van der Waals surface area contributed by atoms with Crippen LogP contribution >= 0.6 is 0 Å². The van der Waals surface area contributed by atoms with Gasteiger partial charge in [0.15, 0.2) is 0 Å². The Bertz CT molecular complexity index is 617. The molecule has 0 saturated carbocycles. The third kappa shape index (κ3) is 2.75. The molecule has 0 aromatic heterocycles. The zero-order valence-corrected chi connectivity index (χ0v) is 13.1. The summed E-state index contributed by atoms with van der Waals surface area (Å²) in [6.45, 7) is 4.05. The van der Waals surface area contributed by atoms with Crippen LogP contribution in [0.1, 0.15) is 11.1 Å². The molecule has 0 aliphatic carbocycles. The normalized spacial score (nSPS) is 10.3. The van der Waals surface area contributed by atoms with Crippen LogP contribution in [0.5, 0.6) is 17.2 Å². The van der Waals surface area contributed by atoms with E-state index in [2.05, 4.69) is 6.07 Å². The van der Waals surface area contributed by atoms with E-state index in [0.717, 1.165) is 22.3 Å². The highest BCUT2D eigenvalue weighted by atomic mass is 16.5. The summed E-state index contributed by atoms with van der Waals surface area (Å²) in [5, 5.41) is 0. The molecule has 0 fully saturated rings. The highest BCUT2D eigenvalue weighted by Crippen LogP contribution is 2.45. The molecule has 0 saturated heterocycles. The van der Waals surface area contributed by atoms with Gasteiger partial charge in [-0.3, -0.25) is 0 Å². The molecule has 0 amide bonds. The van der Waals surface area contributed by atoms with Crippen molar-refractivity contribution >= 4 is 5.69 Å². The molecule has 0 spiro atoms. The summed E-state index contributed by atoms with van der Waals surface area (Å²) in [6, 6.07) is 7.70. The highest BCUT2D eigenvalue weighted by Gasteiger charge is 2.19. The molecule has 0 radical (unpaired) electrons. The van der Waals surface area contributed by atoms with Crippen LogP contribution in [0, 0.1) is 13.8 Å². The number of nitrogen functional groups attached to an aromatic ring is 1. The molecule has 4 nitrogen and oxygen atoms in total. The van der Waals surface area contributed by atoms with E-state index in [1.807, 2.05) is 32.0 Å². The number of methoxy groups -OCH3 is 3. The maximum atomic E-state index is 6.23. The maximum absolute atomic E-state index is 6.23. The first-order chi connectivity index (χ1) is 10.0. The molecule has 2 N–H and O–H groups in total. The zero-order chi connectivity index (χ0) is 15.6. The molecule has 2 rings (SSSR count).